The Balaban J connectivity index is 2.06. The van der Waals surface area contributed by atoms with Gasteiger partial charge in [0.15, 0.2) is 16.4 Å². The summed E-state index contributed by atoms with van der Waals surface area (Å²) < 4.78 is 47.0. The highest BCUT2D eigenvalue weighted by atomic mass is 32.2. The molecule has 0 aliphatic carbocycles. The van der Waals surface area contributed by atoms with E-state index in [4.69, 9.17) is 4.42 Å². The average Bonchev–Trinajstić information content (AvgIpc) is 2.92. The molecule has 0 fully saturated rings. The van der Waals surface area contributed by atoms with Gasteiger partial charge in [-0.15, -0.1) is 13.2 Å². The van der Waals surface area contributed by atoms with Gasteiger partial charge < -0.3 is 14.4 Å². The summed E-state index contributed by atoms with van der Waals surface area (Å²) in [6, 6.07) is 8.87. The molecular weight excluding hydrogens is 391 g/mol. The first-order valence-electron chi connectivity index (χ1n) is 8.68. The van der Waals surface area contributed by atoms with Crippen LogP contribution in [0.2, 0.25) is 0 Å². The molecule has 0 N–H and O–H groups in total. The second-order valence-corrected chi connectivity index (χ2v) is 9.36. The maximum atomic E-state index is 12.5. The summed E-state index contributed by atoms with van der Waals surface area (Å²) in [5.41, 5.74) is -0.584. The predicted molar refractivity (Wildman–Crippen MR) is 103 cm³/mol. The summed E-state index contributed by atoms with van der Waals surface area (Å²) in [6.45, 7) is 10.00. The molecule has 0 spiro atoms. The standard InChI is InChI=1S/C20H24F3NO3S/c1-18(2,3)13-19(4,5)24(25)12-15-8-11-17(26-15)28-16-9-6-14(7-10-16)27-20(21,22)23/h6-12H,13H2,1-5H3/b24-12-. The van der Waals surface area contributed by atoms with E-state index in [1.165, 1.54) is 42.2 Å². The number of hydroxylamine groups is 1. The lowest BCUT2D eigenvalue weighted by molar-refractivity contribution is -0.540. The van der Waals surface area contributed by atoms with Crippen LogP contribution in [0.4, 0.5) is 13.2 Å². The van der Waals surface area contributed by atoms with Gasteiger partial charge in [-0.2, -0.15) is 0 Å². The number of halogens is 3. The molecule has 0 aliphatic heterocycles. The number of hydrogen-bond donors (Lipinski definition) is 0. The molecule has 1 aromatic heterocycles. The highest BCUT2D eigenvalue weighted by molar-refractivity contribution is 7.99. The Morgan fingerprint density at radius 2 is 1.64 bits per heavy atom. The van der Waals surface area contributed by atoms with E-state index in [0.717, 1.165) is 4.74 Å². The van der Waals surface area contributed by atoms with Crippen molar-refractivity contribution in [2.45, 2.75) is 62.9 Å². The number of nitrogens with zero attached hydrogens (tertiary/aromatic N) is 1. The summed E-state index contributed by atoms with van der Waals surface area (Å²) in [7, 11) is 0. The molecular formula is C20H24F3NO3S. The van der Waals surface area contributed by atoms with Crippen LogP contribution in [0.1, 0.15) is 46.8 Å². The number of benzene rings is 1. The second-order valence-electron chi connectivity index (χ2n) is 8.28. The topological polar surface area (TPSA) is 48.4 Å². The van der Waals surface area contributed by atoms with Gasteiger partial charge in [0, 0.05) is 25.2 Å². The molecule has 0 amide bonds. The number of hydrogen-bond acceptors (Lipinski definition) is 4. The minimum absolute atomic E-state index is 0.00612. The maximum Gasteiger partial charge on any atom is 0.573 e. The first-order valence-corrected chi connectivity index (χ1v) is 9.50. The lowest BCUT2D eigenvalue weighted by Gasteiger charge is -2.30. The Morgan fingerprint density at radius 3 is 2.18 bits per heavy atom. The highest BCUT2D eigenvalue weighted by Crippen LogP contribution is 2.32. The molecule has 0 unspecified atom stereocenters. The molecule has 1 aromatic carbocycles. The smallest absolute Gasteiger partial charge is 0.573 e. The second kappa shape index (κ2) is 8.11. The summed E-state index contributed by atoms with van der Waals surface area (Å²) in [5, 5.41) is 13.0. The van der Waals surface area contributed by atoms with Crippen molar-refractivity contribution < 1.29 is 27.1 Å². The van der Waals surface area contributed by atoms with Gasteiger partial charge >= 0.3 is 6.36 Å². The highest BCUT2D eigenvalue weighted by Gasteiger charge is 2.32. The lowest BCUT2D eigenvalue weighted by Crippen LogP contribution is -2.37. The van der Waals surface area contributed by atoms with Crippen molar-refractivity contribution in [3.05, 3.63) is 47.4 Å². The van der Waals surface area contributed by atoms with Gasteiger partial charge in [-0.1, -0.05) is 32.5 Å². The van der Waals surface area contributed by atoms with E-state index in [1.807, 2.05) is 13.8 Å². The molecule has 0 atom stereocenters. The SMILES string of the molecule is CC(C)(C)CC(C)(C)/[N+]([O-])=C/c1ccc(Sc2ccc(OC(F)(F)F)cc2)o1. The van der Waals surface area contributed by atoms with Crippen molar-refractivity contribution in [3.8, 4) is 5.75 Å². The molecule has 0 saturated heterocycles. The van der Waals surface area contributed by atoms with Crippen LogP contribution >= 0.6 is 11.8 Å². The number of rotatable bonds is 6. The van der Waals surface area contributed by atoms with E-state index in [2.05, 4.69) is 25.5 Å². The van der Waals surface area contributed by atoms with E-state index >= 15 is 0 Å². The zero-order valence-electron chi connectivity index (χ0n) is 16.5. The Labute approximate surface area is 167 Å². The zero-order chi connectivity index (χ0) is 21.2. The molecule has 28 heavy (non-hydrogen) atoms. The van der Waals surface area contributed by atoms with Crippen molar-refractivity contribution in [2.24, 2.45) is 5.41 Å². The molecule has 0 radical (unpaired) electrons. The minimum atomic E-state index is -4.72. The van der Waals surface area contributed by atoms with Crippen LogP contribution < -0.4 is 4.74 Å². The third kappa shape index (κ3) is 7.14. The Morgan fingerprint density at radius 1 is 1.04 bits per heavy atom. The maximum absolute atomic E-state index is 12.5. The number of furan rings is 1. The molecule has 0 saturated carbocycles. The molecule has 8 heteroatoms. The van der Waals surface area contributed by atoms with E-state index in [1.54, 1.807) is 12.1 Å². The van der Waals surface area contributed by atoms with Gasteiger partial charge in [0.2, 0.25) is 6.21 Å². The Bertz CT molecular complexity index is 818. The van der Waals surface area contributed by atoms with Gasteiger partial charge in [-0.05, 0) is 41.8 Å². The van der Waals surface area contributed by atoms with Crippen LogP contribution in [-0.2, 0) is 0 Å². The molecule has 0 aliphatic rings. The van der Waals surface area contributed by atoms with E-state index in [-0.39, 0.29) is 11.2 Å². The van der Waals surface area contributed by atoms with Crippen molar-refractivity contribution in [2.75, 3.05) is 0 Å². The summed E-state index contributed by atoms with van der Waals surface area (Å²) in [4.78, 5) is 0.683. The van der Waals surface area contributed by atoms with Gasteiger partial charge in [0.25, 0.3) is 0 Å². The summed E-state index contributed by atoms with van der Waals surface area (Å²) in [6.07, 6.45) is -2.60. The van der Waals surface area contributed by atoms with Gasteiger partial charge in [-0.3, -0.25) is 0 Å². The van der Waals surface area contributed by atoms with Gasteiger partial charge in [0.1, 0.15) is 5.75 Å². The fourth-order valence-electron chi connectivity index (χ4n) is 2.95. The fourth-order valence-corrected chi connectivity index (χ4v) is 3.73. The van der Waals surface area contributed by atoms with Crippen molar-refractivity contribution in [1.29, 1.82) is 0 Å². The van der Waals surface area contributed by atoms with Crippen molar-refractivity contribution >= 4 is 18.0 Å². The molecule has 0 bridgehead atoms. The number of alkyl halides is 3. The third-order valence-corrected chi connectivity index (χ3v) is 4.61. The Hall–Kier alpha value is -2.09. The van der Waals surface area contributed by atoms with Crippen molar-refractivity contribution in [3.63, 3.8) is 0 Å². The van der Waals surface area contributed by atoms with Crippen LogP contribution in [0.25, 0.3) is 0 Å². The fraction of sp³-hybridized carbons (Fsp3) is 0.450. The predicted octanol–water partition coefficient (Wildman–Crippen LogP) is 6.47. The zero-order valence-corrected chi connectivity index (χ0v) is 17.3. The van der Waals surface area contributed by atoms with Gasteiger partial charge in [0.05, 0.1) is 0 Å². The van der Waals surface area contributed by atoms with Crippen LogP contribution in [0.3, 0.4) is 0 Å². The largest absolute Gasteiger partial charge is 0.623 e. The van der Waals surface area contributed by atoms with E-state index in [9.17, 15) is 18.4 Å². The quantitative estimate of drug-likeness (QED) is 0.235. The van der Waals surface area contributed by atoms with Crippen molar-refractivity contribution in [1.82, 2.24) is 0 Å². The monoisotopic (exact) mass is 415 g/mol. The number of ether oxygens (including phenoxy) is 1. The molecule has 2 rings (SSSR count). The lowest BCUT2D eigenvalue weighted by atomic mass is 9.82. The van der Waals surface area contributed by atoms with Crippen LogP contribution in [0.15, 0.2) is 50.8 Å². The Kier molecular flexibility index (Phi) is 6.43. The first kappa shape index (κ1) is 22.2. The molecule has 4 nitrogen and oxygen atoms in total. The van der Waals surface area contributed by atoms with Gasteiger partial charge in [-0.25, -0.2) is 4.74 Å². The first-order chi connectivity index (χ1) is 12.7. The summed E-state index contributed by atoms with van der Waals surface area (Å²) in [5.74, 6) is 0.130. The minimum Gasteiger partial charge on any atom is -0.623 e. The molecule has 2 aromatic rings. The molecule has 1 heterocycles. The van der Waals surface area contributed by atoms with E-state index in [0.29, 0.717) is 22.2 Å². The van der Waals surface area contributed by atoms with Crippen LogP contribution in [0, 0.1) is 10.6 Å². The van der Waals surface area contributed by atoms with E-state index < -0.39 is 11.9 Å². The van der Waals surface area contributed by atoms with Crippen LogP contribution in [-0.4, -0.2) is 22.9 Å². The summed E-state index contributed by atoms with van der Waals surface area (Å²) >= 11 is 1.24. The normalized spacial score (nSPS) is 13.6. The molecule has 154 valence electrons. The van der Waals surface area contributed by atoms with Crippen LogP contribution in [0.5, 0.6) is 5.75 Å². The third-order valence-electron chi connectivity index (χ3n) is 3.68. The average molecular weight is 415 g/mol.